The number of carbonyl (C=O) groups is 2. The molecule has 2 heterocycles. The molecule has 2 atom stereocenters. The third-order valence-electron chi connectivity index (χ3n) is 8.25. The Balaban J connectivity index is 0.962. The normalized spacial score (nSPS) is 18.1. The molecule has 0 spiro atoms. The third-order valence-corrected chi connectivity index (χ3v) is 8.25. The van der Waals surface area contributed by atoms with Gasteiger partial charge in [0, 0.05) is 5.41 Å². The zero-order valence-electron chi connectivity index (χ0n) is 26.1. The van der Waals surface area contributed by atoms with Gasteiger partial charge in [0.05, 0.1) is 37.6 Å². The summed E-state index contributed by atoms with van der Waals surface area (Å²) < 4.78 is 43.6. The molecule has 2 aliphatic heterocycles. The van der Waals surface area contributed by atoms with Gasteiger partial charge in [-0.15, -0.1) is 0 Å². The molecule has 10 nitrogen and oxygen atoms in total. The number of fused-ring (bicyclic) bond motifs is 3. The average Bonchev–Trinajstić information content (AvgIpc) is 4.02. The molecule has 4 aromatic carbocycles. The Hall–Kier alpha value is -4.74. The fourth-order valence-corrected chi connectivity index (χ4v) is 5.44. The molecule has 0 radical (unpaired) electrons. The zero-order chi connectivity index (χ0) is 32.4. The number of carbonyl (C=O) groups excluding carboxylic acids is 2. The molecule has 0 amide bonds. The molecule has 1 aliphatic carbocycles. The lowest BCUT2D eigenvalue weighted by Gasteiger charge is -2.22. The molecule has 47 heavy (non-hydrogen) atoms. The second-order valence-corrected chi connectivity index (χ2v) is 12.0. The molecule has 4 aromatic rings. The van der Waals surface area contributed by atoms with Gasteiger partial charge in [0.25, 0.3) is 0 Å². The summed E-state index contributed by atoms with van der Waals surface area (Å²) in [6.45, 7) is 6.86. The van der Waals surface area contributed by atoms with E-state index in [1.807, 2.05) is 24.3 Å². The Morgan fingerprint density at radius 1 is 0.617 bits per heavy atom. The predicted molar refractivity (Wildman–Crippen MR) is 169 cm³/mol. The Labute approximate surface area is 272 Å². The summed E-state index contributed by atoms with van der Waals surface area (Å²) in [6, 6.07) is 24.7. The van der Waals surface area contributed by atoms with Gasteiger partial charge in [-0.1, -0.05) is 26.0 Å². The van der Waals surface area contributed by atoms with Crippen molar-refractivity contribution in [3.05, 3.63) is 107 Å². The standard InChI is InChI=1S/C37H34O10/c1-37(2)33-15-27(46-35(38)23-3-7-25(8-4-23)44-21-40-17-29-19-42-29)11-13-31(33)32-14-12-28(16-34(32)37)47-36(39)24-5-9-26(10-6-24)45-22-41-18-30-20-43-30/h3-16,29-30H,17-22H2,1-2H3. The van der Waals surface area contributed by atoms with E-state index < -0.39 is 17.4 Å². The maximum absolute atomic E-state index is 12.9. The maximum Gasteiger partial charge on any atom is 0.343 e. The van der Waals surface area contributed by atoms with Crippen molar-refractivity contribution in [2.45, 2.75) is 31.5 Å². The topological polar surface area (TPSA) is 115 Å². The van der Waals surface area contributed by atoms with E-state index in [2.05, 4.69) is 13.8 Å². The minimum Gasteiger partial charge on any atom is -0.468 e. The van der Waals surface area contributed by atoms with Crippen molar-refractivity contribution in [3.8, 4) is 34.1 Å². The molecule has 3 aliphatic rings. The van der Waals surface area contributed by atoms with E-state index >= 15 is 0 Å². The highest BCUT2D eigenvalue weighted by molar-refractivity contribution is 5.92. The highest BCUT2D eigenvalue weighted by Gasteiger charge is 2.36. The van der Waals surface area contributed by atoms with Crippen LogP contribution >= 0.6 is 0 Å². The molecule has 0 saturated carbocycles. The number of hydrogen-bond acceptors (Lipinski definition) is 10. The van der Waals surface area contributed by atoms with Gasteiger partial charge >= 0.3 is 11.9 Å². The molecule has 0 N–H and O–H groups in total. The number of rotatable bonds is 14. The Kier molecular flexibility index (Phi) is 8.66. The summed E-state index contributed by atoms with van der Waals surface area (Å²) in [5, 5.41) is 0. The number of ether oxygens (including phenoxy) is 8. The van der Waals surface area contributed by atoms with Crippen LogP contribution in [0.1, 0.15) is 45.7 Å². The second-order valence-electron chi connectivity index (χ2n) is 12.0. The van der Waals surface area contributed by atoms with Crippen LogP contribution in [0.15, 0.2) is 84.9 Å². The molecule has 2 unspecified atom stereocenters. The highest BCUT2D eigenvalue weighted by atomic mass is 16.7. The minimum absolute atomic E-state index is 0.110. The highest BCUT2D eigenvalue weighted by Crippen LogP contribution is 2.50. The van der Waals surface area contributed by atoms with Crippen LogP contribution in [0.25, 0.3) is 11.1 Å². The maximum atomic E-state index is 12.9. The van der Waals surface area contributed by atoms with Crippen molar-refractivity contribution in [3.63, 3.8) is 0 Å². The van der Waals surface area contributed by atoms with E-state index in [4.69, 9.17) is 37.9 Å². The quantitative estimate of drug-likeness (QED) is 0.0541. The number of esters is 2. The molecule has 0 aromatic heterocycles. The third kappa shape index (κ3) is 7.31. The number of epoxide rings is 2. The minimum atomic E-state index is -0.474. The van der Waals surface area contributed by atoms with Gasteiger partial charge in [0.1, 0.15) is 35.2 Å². The Morgan fingerprint density at radius 2 is 1.00 bits per heavy atom. The van der Waals surface area contributed by atoms with E-state index in [0.717, 1.165) is 35.5 Å². The SMILES string of the molecule is CC1(C)c2cc(OC(=O)c3ccc(OCOCC4CO4)cc3)ccc2-c2ccc(OC(=O)c3ccc(OCOCC4CO4)cc3)cc21. The molecule has 2 saturated heterocycles. The van der Waals surface area contributed by atoms with Crippen LogP contribution in [0.3, 0.4) is 0 Å². The van der Waals surface area contributed by atoms with Crippen molar-refractivity contribution in [1.29, 1.82) is 0 Å². The molecular formula is C37H34O10. The van der Waals surface area contributed by atoms with Crippen molar-refractivity contribution in [2.24, 2.45) is 0 Å². The first kappa shape index (κ1) is 30.9. The Morgan fingerprint density at radius 3 is 1.38 bits per heavy atom. The second kappa shape index (κ2) is 13.2. The molecule has 7 rings (SSSR count). The van der Waals surface area contributed by atoms with Gasteiger partial charge in [-0.3, -0.25) is 0 Å². The van der Waals surface area contributed by atoms with Crippen molar-refractivity contribution < 1.29 is 47.5 Å². The van der Waals surface area contributed by atoms with Gasteiger partial charge in [-0.25, -0.2) is 9.59 Å². The summed E-state index contributed by atoms with van der Waals surface area (Å²) in [7, 11) is 0. The van der Waals surface area contributed by atoms with Gasteiger partial charge < -0.3 is 37.9 Å². The van der Waals surface area contributed by atoms with Crippen LogP contribution in [0.5, 0.6) is 23.0 Å². The summed E-state index contributed by atoms with van der Waals surface area (Å²) in [5.41, 5.74) is 4.43. The van der Waals surface area contributed by atoms with Crippen LogP contribution in [0, 0.1) is 0 Å². The van der Waals surface area contributed by atoms with Gasteiger partial charge in [-0.2, -0.15) is 0 Å². The van der Waals surface area contributed by atoms with Gasteiger partial charge in [-0.05, 0) is 95.1 Å². The summed E-state index contributed by atoms with van der Waals surface area (Å²) in [4.78, 5) is 25.9. The van der Waals surface area contributed by atoms with E-state index in [1.165, 1.54) is 0 Å². The first-order chi connectivity index (χ1) is 22.8. The molecule has 10 heteroatoms. The van der Waals surface area contributed by atoms with Crippen LogP contribution in [-0.4, -0.2) is 64.2 Å². The monoisotopic (exact) mass is 638 g/mol. The fourth-order valence-electron chi connectivity index (χ4n) is 5.44. The van der Waals surface area contributed by atoms with Crippen LogP contribution in [0.2, 0.25) is 0 Å². The van der Waals surface area contributed by atoms with E-state index in [1.54, 1.807) is 60.7 Å². The molecule has 0 bridgehead atoms. The van der Waals surface area contributed by atoms with Crippen LogP contribution < -0.4 is 18.9 Å². The van der Waals surface area contributed by atoms with E-state index in [9.17, 15) is 9.59 Å². The smallest absolute Gasteiger partial charge is 0.343 e. The van der Waals surface area contributed by atoms with E-state index in [-0.39, 0.29) is 25.8 Å². The molecular weight excluding hydrogens is 604 g/mol. The fraction of sp³-hybridized carbons (Fsp3) is 0.297. The summed E-state index contributed by atoms with van der Waals surface area (Å²) in [5.74, 6) is 1.10. The lowest BCUT2D eigenvalue weighted by molar-refractivity contribution is 0.00808. The van der Waals surface area contributed by atoms with Crippen molar-refractivity contribution >= 4 is 11.9 Å². The van der Waals surface area contributed by atoms with Gasteiger partial charge in [0.2, 0.25) is 0 Å². The van der Waals surface area contributed by atoms with Crippen LogP contribution in [-0.2, 0) is 24.4 Å². The number of benzene rings is 4. The van der Waals surface area contributed by atoms with E-state index in [0.29, 0.717) is 47.3 Å². The molecule has 2 fully saturated rings. The lowest BCUT2D eigenvalue weighted by Crippen LogP contribution is -2.16. The predicted octanol–water partition coefficient (Wildman–Crippen LogP) is 5.93. The van der Waals surface area contributed by atoms with Crippen LogP contribution in [0.4, 0.5) is 0 Å². The van der Waals surface area contributed by atoms with Crippen molar-refractivity contribution in [2.75, 3.05) is 40.0 Å². The first-order valence-corrected chi connectivity index (χ1v) is 15.4. The average molecular weight is 639 g/mol. The number of hydrogen-bond donors (Lipinski definition) is 0. The first-order valence-electron chi connectivity index (χ1n) is 15.4. The Bertz CT molecular complexity index is 1630. The van der Waals surface area contributed by atoms with Gasteiger partial charge in [0.15, 0.2) is 13.6 Å². The largest absolute Gasteiger partial charge is 0.468 e. The lowest BCUT2D eigenvalue weighted by atomic mass is 9.82. The molecule has 242 valence electrons. The summed E-state index contributed by atoms with van der Waals surface area (Å²) >= 11 is 0. The zero-order valence-corrected chi connectivity index (χ0v) is 26.1. The van der Waals surface area contributed by atoms with Crippen molar-refractivity contribution in [1.82, 2.24) is 0 Å². The summed E-state index contributed by atoms with van der Waals surface area (Å²) in [6.07, 6.45) is 0.347.